The maximum atomic E-state index is 4.41. The van der Waals surface area contributed by atoms with Gasteiger partial charge in [0.25, 0.3) is 0 Å². The molecule has 0 bridgehead atoms. The fourth-order valence-corrected chi connectivity index (χ4v) is 2.16. The minimum absolute atomic E-state index is 0.445. The molecule has 2 aromatic heterocycles. The smallest absolute Gasteiger partial charge is 0.243 e. The van der Waals surface area contributed by atoms with Gasteiger partial charge in [-0.25, -0.2) is 4.52 Å². The van der Waals surface area contributed by atoms with Crippen molar-refractivity contribution in [2.24, 2.45) is 0 Å². The van der Waals surface area contributed by atoms with Crippen LogP contribution in [0.25, 0.3) is 5.65 Å². The van der Waals surface area contributed by atoms with Crippen molar-refractivity contribution >= 4 is 27.5 Å². The molecular weight excluding hydrogens is 268 g/mol. The van der Waals surface area contributed by atoms with Gasteiger partial charge in [0.2, 0.25) is 5.95 Å². The van der Waals surface area contributed by atoms with E-state index in [0.29, 0.717) is 12.0 Å². The highest BCUT2D eigenvalue weighted by Crippen LogP contribution is 2.16. The highest BCUT2D eigenvalue weighted by atomic mass is 79.9. The van der Waals surface area contributed by atoms with E-state index in [0.717, 1.165) is 23.0 Å². The molecule has 0 atom stereocenters. The average molecular weight is 279 g/mol. The summed E-state index contributed by atoms with van der Waals surface area (Å²) >= 11 is 3.41. The molecule has 1 aliphatic rings. The van der Waals surface area contributed by atoms with Gasteiger partial charge in [-0.3, -0.25) is 0 Å². The molecule has 0 saturated carbocycles. The van der Waals surface area contributed by atoms with Crippen molar-refractivity contribution in [1.82, 2.24) is 14.6 Å². The molecule has 16 heavy (non-hydrogen) atoms. The van der Waals surface area contributed by atoms with Crippen LogP contribution in [0.3, 0.4) is 0 Å². The van der Waals surface area contributed by atoms with Crippen LogP contribution in [0.4, 0.5) is 5.95 Å². The Bertz CT molecular complexity index is 538. The highest BCUT2D eigenvalue weighted by molar-refractivity contribution is 9.10. The molecule has 0 unspecified atom stereocenters. The van der Waals surface area contributed by atoms with Crippen LogP contribution < -0.4 is 5.32 Å². The van der Waals surface area contributed by atoms with Gasteiger partial charge in [0, 0.05) is 16.7 Å². The molecule has 1 N–H and O–H groups in total. The lowest BCUT2D eigenvalue weighted by Gasteiger charge is -2.08. The molecule has 0 aliphatic heterocycles. The van der Waals surface area contributed by atoms with Crippen molar-refractivity contribution in [3.63, 3.8) is 0 Å². The van der Waals surface area contributed by atoms with Gasteiger partial charge in [-0.1, -0.05) is 12.2 Å². The number of pyridine rings is 1. The van der Waals surface area contributed by atoms with Crippen LogP contribution in [-0.2, 0) is 0 Å². The third-order valence-electron chi connectivity index (χ3n) is 2.64. The summed E-state index contributed by atoms with van der Waals surface area (Å²) in [6, 6.07) is 4.35. The van der Waals surface area contributed by atoms with E-state index >= 15 is 0 Å². The Kier molecular flexibility index (Phi) is 2.40. The zero-order chi connectivity index (χ0) is 11.0. The fraction of sp³-hybridized carbons (Fsp3) is 0.273. The second-order valence-electron chi connectivity index (χ2n) is 3.87. The summed E-state index contributed by atoms with van der Waals surface area (Å²) < 4.78 is 2.77. The lowest BCUT2D eigenvalue weighted by molar-refractivity contribution is 0.771. The third kappa shape index (κ3) is 1.82. The Labute approximate surface area is 102 Å². The van der Waals surface area contributed by atoms with Gasteiger partial charge < -0.3 is 5.32 Å². The molecule has 0 spiro atoms. The number of rotatable bonds is 2. The van der Waals surface area contributed by atoms with Crippen molar-refractivity contribution in [2.45, 2.75) is 18.9 Å². The Hall–Kier alpha value is -1.36. The van der Waals surface area contributed by atoms with Crippen LogP contribution >= 0.6 is 15.9 Å². The predicted octanol–water partition coefficient (Wildman–Crippen LogP) is 2.62. The minimum atomic E-state index is 0.445. The summed E-state index contributed by atoms with van der Waals surface area (Å²) in [5, 5.41) is 7.70. The van der Waals surface area contributed by atoms with Gasteiger partial charge in [0.05, 0.1) is 0 Å². The Morgan fingerprint density at radius 3 is 2.94 bits per heavy atom. The molecule has 0 radical (unpaired) electrons. The molecule has 1 aliphatic carbocycles. The molecule has 2 heterocycles. The monoisotopic (exact) mass is 278 g/mol. The SMILES string of the molecule is Brc1ccc2nc(NC3CC=CC3)nn2c1. The second-order valence-corrected chi connectivity index (χ2v) is 4.79. The predicted molar refractivity (Wildman–Crippen MR) is 66.5 cm³/mol. The van der Waals surface area contributed by atoms with E-state index in [1.807, 2.05) is 18.3 Å². The minimum Gasteiger partial charge on any atom is -0.350 e. The van der Waals surface area contributed by atoms with Gasteiger partial charge in [-0.15, -0.1) is 5.10 Å². The zero-order valence-electron chi connectivity index (χ0n) is 8.60. The maximum absolute atomic E-state index is 4.41. The van der Waals surface area contributed by atoms with Gasteiger partial charge in [-0.2, -0.15) is 4.98 Å². The van der Waals surface area contributed by atoms with Crippen molar-refractivity contribution in [3.05, 3.63) is 35.0 Å². The average Bonchev–Trinajstić information content (AvgIpc) is 2.86. The summed E-state index contributed by atoms with van der Waals surface area (Å²) in [4.78, 5) is 4.41. The molecule has 4 nitrogen and oxygen atoms in total. The first-order valence-electron chi connectivity index (χ1n) is 5.25. The van der Waals surface area contributed by atoms with Gasteiger partial charge in [0.15, 0.2) is 5.65 Å². The Balaban J connectivity index is 1.87. The molecule has 3 rings (SSSR count). The molecule has 0 fully saturated rings. The lowest BCUT2D eigenvalue weighted by atomic mass is 10.2. The summed E-state index contributed by atoms with van der Waals surface area (Å²) in [6.07, 6.45) is 8.38. The van der Waals surface area contributed by atoms with E-state index < -0.39 is 0 Å². The van der Waals surface area contributed by atoms with Crippen molar-refractivity contribution in [1.29, 1.82) is 0 Å². The normalized spacial score (nSPS) is 16.1. The summed E-state index contributed by atoms with van der Waals surface area (Å²) in [6.45, 7) is 0. The molecule has 0 amide bonds. The quantitative estimate of drug-likeness (QED) is 0.859. The third-order valence-corrected chi connectivity index (χ3v) is 3.11. The molecule has 5 heteroatoms. The number of hydrogen-bond acceptors (Lipinski definition) is 3. The molecule has 0 aromatic carbocycles. The molecular formula is C11H11BrN4. The summed E-state index contributed by atoms with van der Waals surface area (Å²) in [5.74, 6) is 0.701. The number of nitrogens with zero attached hydrogens (tertiary/aromatic N) is 3. The molecule has 0 saturated heterocycles. The van der Waals surface area contributed by atoms with E-state index in [4.69, 9.17) is 0 Å². The highest BCUT2D eigenvalue weighted by Gasteiger charge is 2.12. The zero-order valence-corrected chi connectivity index (χ0v) is 10.2. The van der Waals surface area contributed by atoms with Gasteiger partial charge in [-0.05, 0) is 40.9 Å². The largest absolute Gasteiger partial charge is 0.350 e. The Morgan fingerprint density at radius 2 is 2.12 bits per heavy atom. The number of anilines is 1. The van der Waals surface area contributed by atoms with Crippen LogP contribution in [0.1, 0.15) is 12.8 Å². The van der Waals surface area contributed by atoms with Crippen molar-refractivity contribution < 1.29 is 0 Å². The first-order valence-corrected chi connectivity index (χ1v) is 6.04. The second kappa shape index (κ2) is 3.90. The number of aromatic nitrogens is 3. The van der Waals surface area contributed by atoms with E-state index in [1.165, 1.54) is 0 Å². The first-order chi connectivity index (χ1) is 7.81. The van der Waals surface area contributed by atoms with Crippen LogP contribution in [-0.4, -0.2) is 20.6 Å². The van der Waals surface area contributed by atoms with Gasteiger partial charge >= 0.3 is 0 Å². The number of halogens is 1. The standard InChI is InChI=1S/C11H11BrN4/c12-8-5-6-10-14-11(15-16(10)7-8)13-9-3-1-2-4-9/h1-2,5-7,9H,3-4H2,(H,13,15). The van der Waals surface area contributed by atoms with E-state index in [-0.39, 0.29) is 0 Å². The number of nitrogens with one attached hydrogen (secondary N) is 1. The van der Waals surface area contributed by atoms with Crippen LogP contribution in [0.2, 0.25) is 0 Å². The summed E-state index contributed by atoms with van der Waals surface area (Å²) in [5.41, 5.74) is 0.858. The molecule has 2 aromatic rings. The maximum Gasteiger partial charge on any atom is 0.243 e. The van der Waals surface area contributed by atoms with E-state index in [9.17, 15) is 0 Å². The van der Waals surface area contributed by atoms with E-state index in [2.05, 4.69) is 43.5 Å². The van der Waals surface area contributed by atoms with Gasteiger partial charge in [0.1, 0.15) is 0 Å². The summed E-state index contributed by atoms with van der Waals surface area (Å²) in [7, 11) is 0. The van der Waals surface area contributed by atoms with Crippen LogP contribution in [0.15, 0.2) is 35.0 Å². The van der Waals surface area contributed by atoms with Crippen molar-refractivity contribution in [2.75, 3.05) is 5.32 Å². The lowest BCUT2D eigenvalue weighted by Crippen LogP contribution is -2.15. The number of hydrogen-bond donors (Lipinski definition) is 1. The number of fused-ring (bicyclic) bond motifs is 1. The van der Waals surface area contributed by atoms with E-state index in [1.54, 1.807) is 4.52 Å². The van der Waals surface area contributed by atoms with Crippen molar-refractivity contribution in [3.8, 4) is 0 Å². The van der Waals surface area contributed by atoms with Crippen LogP contribution in [0.5, 0.6) is 0 Å². The van der Waals surface area contributed by atoms with Crippen LogP contribution in [0, 0.1) is 0 Å². The Morgan fingerprint density at radius 1 is 1.31 bits per heavy atom. The topological polar surface area (TPSA) is 42.2 Å². The fourth-order valence-electron chi connectivity index (χ4n) is 1.84. The molecule has 82 valence electrons. The first kappa shape index (κ1) is 9.84.